The lowest BCUT2D eigenvalue weighted by molar-refractivity contribution is -0.127. The van der Waals surface area contributed by atoms with Crippen LogP contribution in [0.3, 0.4) is 0 Å². The standard InChI is InChI=1S/C30H33N3O5S/c1-5-37-30(36)26-24-15-8-19(3)16-25(24)39-29(26)32-28(35)22-11-13-23(14-12-22)38-20(4)27(34)33-31-17-21-9-6-18(2)7-10-21/h6-7,9-14,17,19-20H,5,8,15-16H2,1-4H3,(H,32,35)(H,33,34)/b31-17-/t19-,20-/m1/s1. The molecule has 2 amide bonds. The summed E-state index contributed by atoms with van der Waals surface area (Å²) in [6, 6.07) is 14.2. The van der Waals surface area contributed by atoms with E-state index in [1.807, 2.05) is 31.2 Å². The highest BCUT2D eigenvalue weighted by molar-refractivity contribution is 7.17. The fraction of sp³-hybridized carbons (Fsp3) is 0.333. The van der Waals surface area contributed by atoms with Gasteiger partial charge >= 0.3 is 5.97 Å². The summed E-state index contributed by atoms with van der Waals surface area (Å²) in [4.78, 5) is 39.3. The van der Waals surface area contributed by atoms with E-state index >= 15 is 0 Å². The maximum atomic E-state index is 13.0. The number of rotatable bonds is 9. The normalized spacial score (nSPS) is 15.3. The van der Waals surface area contributed by atoms with Gasteiger partial charge in [0.2, 0.25) is 0 Å². The first-order chi connectivity index (χ1) is 18.7. The number of aryl methyl sites for hydroxylation is 1. The Balaban J connectivity index is 1.37. The summed E-state index contributed by atoms with van der Waals surface area (Å²) in [6.07, 6.45) is 3.45. The number of thiophene rings is 1. The number of nitrogens with zero attached hydrogens (tertiary/aromatic N) is 1. The van der Waals surface area contributed by atoms with Gasteiger partial charge in [-0.1, -0.05) is 36.8 Å². The number of fused-ring (bicyclic) bond motifs is 1. The molecule has 0 spiro atoms. The smallest absolute Gasteiger partial charge is 0.341 e. The highest BCUT2D eigenvalue weighted by Gasteiger charge is 2.29. The molecule has 0 bridgehead atoms. The zero-order valence-corrected chi connectivity index (χ0v) is 23.4. The highest BCUT2D eigenvalue weighted by Crippen LogP contribution is 2.40. The quantitative estimate of drug-likeness (QED) is 0.208. The van der Waals surface area contributed by atoms with Crippen molar-refractivity contribution < 1.29 is 23.9 Å². The first-order valence-corrected chi connectivity index (χ1v) is 13.9. The number of hydrazone groups is 1. The number of esters is 1. The Labute approximate surface area is 232 Å². The molecule has 1 aliphatic rings. The average Bonchev–Trinajstić information content (AvgIpc) is 3.27. The molecule has 2 aromatic carbocycles. The first kappa shape index (κ1) is 28.0. The van der Waals surface area contributed by atoms with E-state index in [1.165, 1.54) is 11.3 Å². The SMILES string of the molecule is CCOC(=O)c1c(NC(=O)c2ccc(O[C@H](C)C(=O)N/N=C\c3ccc(C)cc3)cc2)sc2c1CC[C@@H](C)C2. The molecule has 9 heteroatoms. The van der Waals surface area contributed by atoms with Gasteiger partial charge in [0.25, 0.3) is 11.8 Å². The summed E-state index contributed by atoms with van der Waals surface area (Å²) in [7, 11) is 0. The first-order valence-electron chi connectivity index (χ1n) is 13.0. The molecule has 4 rings (SSSR count). The number of carbonyl (C=O) groups is 3. The molecule has 39 heavy (non-hydrogen) atoms. The van der Waals surface area contributed by atoms with E-state index < -0.39 is 18.0 Å². The Hall–Kier alpha value is -3.98. The number of ether oxygens (including phenoxy) is 2. The Morgan fingerprint density at radius 3 is 2.54 bits per heavy atom. The number of nitrogens with one attached hydrogen (secondary N) is 2. The predicted molar refractivity (Wildman–Crippen MR) is 153 cm³/mol. The largest absolute Gasteiger partial charge is 0.481 e. The molecule has 0 unspecified atom stereocenters. The summed E-state index contributed by atoms with van der Waals surface area (Å²) in [6.45, 7) is 7.85. The third-order valence-corrected chi connectivity index (χ3v) is 7.65. The summed E-state index contributed by atoms with van der Waals surface area (Å²) in [5.41, 5.74) is 6.35. The lowest BCUT2D eigenvalue weighted by Gasteiger charge is -2.18. The molecule has 1 aromatic heterocycles. The summed E-state index contributed by atoms with van der Waals surface area (Å²) in [5.74, 6) is -0.173. The maximum Gasteiger partial charge on any atom is 0.341 e. The molecule has 2 atom stereocenters. The van der Waals surface area contributed by atoms with Gasteiger partial charge in [-0.2, -0.15) is 5.10 Å². The van der Waals surface area contributed by atoms with Crippen LogP contribution in [-0.4, -0.2) is 36.7 Å². The third kappa shape index (κ3) is 7.11. The highest BCUT2D eigenvalue weighted by atomic mass is 32.1. The van der Waals surface area contributed by atoms with Crippen LogP contribution in [0, 0.1) is 12.8 Å². The molecule has 1 heterocycles. The molecule has 2 N–H and O–H groups in total. The van der Waals surface area contributed by atoms with Crippen LogP contribution in [0.5, 0.6) is 5.75 Å². The van der Waals surface area contributed by atoms with Crippen LogP contribution in [0.2, 0.25) is 0 Å². The van der Waals surface area contributed by atoms with Gasteiger partial charge in [-0.05, 0) is 81.3 Å². The van der Waals surface area contributed by atoms with E-state index in [-0.39, 0.29) is 12.5 Å². The van der Waals surface area contributed by atoms with Crippen LogP contribution in [0.25, 0.3) is 0 Å². The summed E-state index contributed by atoms with van der Waals surface area (Å²) in [5, 5.41) is 7.42. The zero-order valence-electron chi connectivity index (χ0n) is 22.6. The van der Waals surface area contributed by atoms with Gasteiger partial charge in [0.15, 0.2) is 6.10 Å². The van der Waals surface area contributed by atoms with Crippen LogP contribution < -0.4 is 15.5 Å². The van der Waals surface area contributed by atoms with Gasteiger partial charge in [-0.25, -0.2) is 10.2 Å². The molecule has 0 aliphatic heterocycles. The molecule has 0 saturated heterocycles. The van der Waals surface area contributed by atoms with Crippen molar-refractivity contribution in [1.29, 1.82) is 0 Å². The number of anilines is 1. The Bertz CT molecular complexity index is 1360. The monoisotopic (exact) mass is 547 g/mol. The number of hydrogen-bond acceptors (Lipinski definition) is 7. The number of hydrogen-bond donors (Lipinski definition) is 2. The Morgan fingerprint density at radius 2 is 1.85 bits per heavy atom. The molecule has 3 aromatic rings. The van der Waals surface area contributed by atoms with Crippen LogP contribution >= 0.6 is 11.3 Å². The van der Waals surface area contributed by atoms with Crippen LogP contribution in [0.1, 0.15) is 69.5 Å². The molecular formula is C30H33N3O5S. The Morgan fingerprint density at radius 1 is 1.13 bits per heavy atom. The number of amides is 2. The van der Waals surface area contributed by atoms with Crippen molar-refractivity contribution in [3.63, 3.8) is 0 Å². The van der Waals surface area contributed by atoms with Crippen molar-refractivity contribution in [3.8, 4) is 5.75 Å². The van der Waals surface area contributed by atoms with Crippen molar-refractivity contribution in [2.45, 2.75) is 53.1 Å². The lowest BCUT2D eigenvalue weighted by atomic mass is 9.88. The van der Waals surface area contributed by atoms with E-state index in [0.717, 1.165) is 40.8 Å². The Kier molecular flexibility index (Phi) is 9.14. The van der Waals surface area contributed by atoms with Crippen molar-refractivity contribution in [2.24, 2.45) is 11.0 Å². The van der Waals surface area contributed by atoms with Crippen LogP contribution in [-0.2, 0) is 22.4 Å². The van der Waals surface area contributed by atoms with Gasteiger partial charge in [0.05, 0.1) is 18.4 Å². The molecule has 0 radical (unpaired) electrons. The molecule has 0 fully saturated rings. The third-order valence-electron chi connectivity index (χ3n) is 6.48. The minimum absolute atomic E-state index is 0.268. The van der Waals surface area contributed by atoms with E-state index in [2.05, 4.69) is 22.8 Å². The summed E-state index contributed by atoms with van der Waals surface area (Å²) >= 11 is 1.45. The number of benzene rings is 2. The van der Waals surface area contributed by atoms with Gasteiger partial charge in [-0.15, -0.1) is 11.3 Å². The van der Waals surface area contributed by atoms with Crippen LogP contribution in [0.15, 0.2) is 53.6 Å². The van der Waals surface area contributed by atoms with Crippen LogP contribution in [0.4, 0.5) is 5.00 Å². The van der Waals surface area contributed by atoms with Crippen molar-refractivity contribution in [2.75, 3.05) is 11.9 Å². The fourth-order valence-corrected chi connectivity index (χ4v) is 5.68. The van der Waals surface area contributed by atoms with Gasteiger partial charge in [0.1, 0.15) is 10.8 Å². The van der Waals surface area contributed by atoms with Crippen molar-refractivity contribution in [1.82, 2.24) is 5.43 Å². The second-order valence-electron chi connectivity index (χ2n) is 9.66. The van der Waals surface area contributed by atoms with E-state index in [0.29, 0.717) is 27.8 Å². The van der Waals surface area contributed by atoms with E-state index in [4.69, 9.17) is 9.47 Å². The number of carbonyl (C=O) groups excluding carboxylic acids is 3. The second-order valence-corrected chi connectivity index (χ2v) is 10.8. The average molecular weight is 548 g/mol. The lowest BCUT2D eigenvalue weighted by Crippen LogP contribution is -2.33. The molecule has 1 aliphatic carbocycles. The van der Waals surface area contributed by atoms with Crippen molar-refractivity contribution >= 4 is 40.3 Å². The predicted octanol–water partition coefficient (Wildman–Crippen LogP) is 5.53. The minimum Gasteiger partial charge on any atom is -0.481 e. The van der Waals surface area contributed by atoms with Gasteiger partial charge in [0, 0.05) is 10.4 Å². The minimum atomic E-state index is -0.799. The molecule has 0 saturated carbocycles. The zero-order chi connectivity index (χ0) is 27.9. The van der Waals surface area contributed by atoms with Gasteiger partial charge in [-0.3, -0.25) is 9.59 Å². The van der Waals surface area contributed by atoms with E-state index in [9.17, 15) is 14.4 Å². The molecular weight excluding hydrogens is 514 g/mol. The topological polar surface area (TPSA) is 106 Å². The van der Waals surface area contributed by atoms with Gasteiger partial charge < -0.3 is 14.8 Å². The molecule has 204 valence electrons. The summed E-state index contributed by atoms with van der Waals surface area (Å²) < 4.78 is 11.0. The van der Waals surface area contributed by atoms with E-state index in [1.54, 1.807) is 44.3 Å². The molecule has 8 nitrogen and oxygen atoms in total. The second kappa shape index (κ2) is 12.7. The van der Waals surface area contributed by atoms with Crippen molar-refractivity contribution in [3.05, 3.63) is 81.2 Å². The maximum absolute atomic E-state index is 13.0. The fourth-order valence-electron chi connectivity index (χ4n) is 4.29.